The van der Waals surface area contributed by atoms with Gasteiger partial charge in [-0.1, -0.05) is 6.92 Å². The summed E-state index contributed by atoms with van der Waals surface area (Å²) in [5.41, 5.74) is 0.406. The van der Waals surface area contributed by atoms with Crippen molar-refractivity contribution in [1.82, 2.24) is 10.3 Å². The average molecular weight is 241 g/mol. The first kappa shape index (κ1) is 13.1. The largest absolute Gasteiger partial charge is 0.304 e. The van der Waals surface area contributed by atoms with Gasteiger partial charge < -0.3 is 10.6 Å². The second kappa shape index (κ2) is 4.93. The normalized spacial score (nSPS) is 11.6. The summed E-state index contributed by atoms with van der Waals surface area (Å²) in [5, 5.41) is 6.63. The van der Waals surface area contributed by atoms with Gasteiger partial charge in [0.1, 0.15) is 0 Å². The first-order valence-corrected chi connectivity index (χ1v) is 6.19. The van der Waals surface area contributed by atoms with E-state index in [4.69, 9.17) is 0 Å². The highest BCUT2D eigenvalue weighted by molar-refractivity contribution is 7.15. The Morgan fingerprint density at radius 3 is 2.50 bits per heavy atom. The van der Waals surface area contributed by atoms with Gasteiger partial charge in [0.15, 0.2) is 5.13 Å². The zero-order valence-corrected chi connectivity index (χ0v) is 11.3. The van der Waals surface area contributed by atoms with Crippen LogP contribution in [0.4, 0.5) is 5.13 Å². The molecular formula is C11H19N3OS. The molecule has 0 aliphatic carbocycles. The number of hydrogen-bond donors (Lipinski definition) is 2. The molecule has 0 radical (unpaired) electrons. The predicted molar refractivity (Wildman–Crippen MR) is 68.0 cm³/mol. The van der Waals surface area contributed by atoms with Crippen molar-refractivity contribution in [3.05, 3.63) is 10.6 Å². The molecule has 0 aromatic carbocycles. The Bertz CT molecular complexity index is 365. The van der Waals surface area contributed by atoms with Crippen molar-refractivity contribution in [2.75, 3.05) is 11.9 Å². The van der Waals surface area contributed by atoms with Gasteiger partial charge in [0.25, 0.3) is 0 Å². The number of carbonyl (C=O) groups excluding carboxylic acids is 1. The quantitative estimate of drug-likeness (QED) is 0.848. The number of thiazole rings is 1. The topological polar surface area (TPSA) is 54.0 Å². The number of rotatable bonds is 4. The van der Waals surface area contributed by atoms with E-state index in [2.05, 4.69) is 15.6 Å². The maximum absolute atomic E-state index is 11.9. The van der Waals surface area contributed by atoms with Crippen LogP contribution in [0, 0.1) is 13.8 Å². The maximum Gasteiger partial charge on any atom is 0.245 e. The molecule has 0 fully saturated rings. The molecular weight excluding hydrogens is 222 g/mol. The third kappa shape index (κ3) is 3.02. The van der Waals surface area contributed by atoms with Crippen LogP contribution in [0.1, 0.15) is 31.3 Å². The standard InChI is InChI=1S/C11H19N3OS/c1-6-12-11(4,5)9(15)14-10-13-7(2)8(3)16-10/h12H,6H2,1-5H3,(H,13,14,15). The Labute approximate surface area is 100 Å². The van der Waals surface area contributed by atoms with Gasteiger partial charge >= 0.3 is 0 Å². The van der Waals surface area contributed by atoms with E-state index in [0.29, 0.717) is 5.13 Å². The van der Waals surface area contributed by atoms with Gasteiger partial charge in [-0.15, -0.1) is 11.3 Å². The maximum atomic E-state index is 11.9. The van der Waals surface area contributed by atoms with Gasteiger partial charge in [-0.05, 0) is 34.2 Å². The molecule has 0 unspecified atom stereocenters. The lowest BCUT2D eigenvalue weighted by molar-refractivity contribution is -0.121. The first-order chi connectivity index (χ1) is 7.36. The number of nitrogens with zero attached hydrogens (tertiary/aromatic N) is 1. The number of aryl methyl sites for hydroxylation is 2. The lowest BCUT2D eigenvalue weighted by Gasteiger charge is -2.23. The lowest BCUT2D eigenvalue weighted by Crippen LogP contribution is -2.49. The van der Waals surface area contributed by atoms with E-state index in [-0.39, 0.29) is 5.91 Å². The molecule has 2 N–H and O–H groups in total. The SMILES string of the molecule is CCNC(C)(C)C(=O)Nc1nc(C)c(C)s1. The molecule has 0 saturated heterocycles. The van der Waals surface area contributed by atoms with Crippen LogP contribution in [-0.4, -0.2) is 23.0 Å². The van der Waals surface area contributed by atoms with Gasteiger partial charge in [-0.2, -0.15) is 0 Å². The van der Waals surface area contributed by atoms with E-state index in [9.17, 15) is 4.79 Å². The van der Waals surface area contributed by atoms with Crippen molar-refractivity contribution in [3.8, 4) is 0 Å². The summed E-state index contributed by atoms with van der Waals surface area (Å²) in [6.45, 7) is 10.4. The van der Waals surface area contributed by atoms with E-state index in [1.165, 1.54) is 11.3 Å². The van der Waals surface area contributed by atoms with E-state index >= 15 is 0 Å². The van der Waals surface area contributed by atoms with Crippen molar-refractivity contribution in [2.45, 2.75) is 40.2 Å². The fraction of sp³-hybridized carbons (Fsp3) is 0.636. The summed E-state index contributed by atoms with van der Waals surface area (Å²) in [4.78, 5) is 17.4. The number of likely N-dealkylation sites (N-methyl/N-ethyl adjacent to an activating group) is 1. The highest BCUT2D eigenvalue weighted by Gasteiger charge is 2.26. The Morgan fingerprint density at radius 1 is 1.44 bits per heavy atom. The van der Waals surface area contributed by atoms with Crippen LogP contribution >= 0.6 is 11.3 Å². The second-order valence-electron chi connectivity index (χ2n) is 4.27. The van der Waals surface area contributed by atoms with Crippen molar-refractivity contribution in [1.29, 1.82) is 0 Å². The molecule has 0 saturated carbocycles. The molecule has 1 rings (SSSR count). The highest BCUT2D eigenvalue weighted by Crippen LogP contribution is 2.21. The minimum absolute atomic E-state index is 0.0527. The van der Waals surface area contributed by atoms with Gasteiger partial charge in [-0.3, -0.25) is 4.79 Å². The molecule has 4 nitrogen and oxygen atoms in total. The fourth-order valence-corrected chi connectivity index (χ4v) is 2.11. The second-order valence-corrected chi connectivity index (χ2v) is 5.47. The minimum atomic E-state index is -0.567. The molecule has 0 aliphatic heterocycles. The smallest absolute Gasteiger partial charge is 0.245 e. The third-order valence-electron chi connectivity index (χ3n) is 2.44. The molecule has 0 spiro atoms. The fourth-order valence-electron chi connectivity index (χ4n) is 1.30. The molecule has 1 heterocycles. The van der Waals surface area contributed by atoms with Gasteiger partial charge in [0.2, 0.25) is 5.91 Å². The number of carbonyl (C=O) groups is 1. The van der Waals surface area contributed by atoms with E-state index < -0.39 is 5.54 Å². The van der Waals surface area contributed by atoms with E-state index in [1.54, 1.807) is 0 Å². The molecule has 0 aliphatic rings. The molecule has 5 heteroatoms. The molecule has 0 atom stereocenters. The lowest BCUT2D eigenvalue weighted by atomic mass is 10.1. The zero-order chi connectivity index (χ0) is 12.3. The van der Waals surface area contributed by atoms with Crippen LogP contribution in [-0.2, 0) is 4.79 Å². The highest BCUT2D eigenvalue weighted by atomic mass is 32.1. The van der Waals surface area contributed by atoms with Crippen molar-refractivity contribution < 1.29 is 4.79 Å². The van der Waals surface area contributed by atoms with Crippen LogP contribution < -0.4 is 10.6 Å². The summed E-state index contributed by atoms with van der Waals surface area (Å²) in [6, 6.07) is 0. The molecule has 1 aromatic rings. The average Bonchev–Trinajstić information content (AvgIpc) is 2.45. The third-order valence-corrected chi connectivity index (χ3v) is 3.42. The summed E-state index contributed by atoms with van der Waals surface area (Å²) >= 11 is 1.51. The zero-order valence-electron chi connectivity index (χ0n) is 10.5. The Hall–Kier alpha value is -0.940. The molecule has 1 aromatic heterocycles. The Balaban J connectivity index is 2.71. The Morgan fingerprint density at radius 2 is 2.06 bits per heavy atom. The predicted octanol–water partition coefficient (Wildman–Crippen LogP) is 2.09. The number of anilines is 1. The van der Waals surface area contributed by atoms with Gasteiger partial charge in [0.05, 0.1) is 11.2 Å². The van der Waals surface area contributed by atoms with E-state index in [0.717, 1.165) is 17.1 Å². The Kier molecular flexibility index (Phi) is 4.04. The molecule has 90 valence electrons. The molecule has 1 amide bonds. The summed E-state index contributed by atoms with van der Waals surface area (Å²) < 4.78 is 0. The summed E-state index contributed by atoms with van der Waals surface area (Å²) in [5.74, 6) is -0.0527. The molecule has 0 bridgehead atoms. The monoisotopic (exact) mass is 241 g/mol. The van der Waals surface area contributed by atoms with Gasteiger partial charge in [0, 0.05) is 4.88 Å². The number of amides is 1. The summed E-state index contributed by atoms with van der Waals surface area (Å²) in [7, 11) is 0. The molecule has 16 heavy (non-hydrogen) atoms. The van der Waals surface area contributed by atoms with Crippen LogP contribution in [0.5, 0.6) is 0 Å². The first-order valence-electron chi connectivity index (χ1n) is 5.37. The van der Waals surface area contributed by atoms with Crippen LogP contribution in [0.2, 0.25) is 0 Å². The number of hydrogen-bond acceptors (Lipinski definition) is 4. The van der Waals surface area contributed by atoms with Crippen LogP contribution in [0.25, 0.3) is 0 Å². The minimum Gasteiger partial charge on any atom is -0.304 e. The van der Waals surface area contributed by atoms with Crippen molar-refractivity contribution in [2.24, 2.45) is 0 Å². The van der Waals surface area contributed by atoms with E-state index in [1.807, 2.05) is 34.6 Å². The van der Waals surface area contributed by atoms with Crippen LogP contribution in [0.3, 0.4) is 0 Å². The van der Waals surface area contributed by atoms with Crippen LogP contribution in [0.15, 0.2) is 0 Å². The number of nitrogens with one attached hydrogen (secondary N) is 2. The van der Waals surface area contributed by atoms with Crippen molar-refractivity contribution in [3.63, 3.8) is 0 Å². The van der Waals surface area contributed by atoms with Crippen molar-refractivity contribution >= 4 is 22.4 Å². The summed E-state index contributed by atoms with van der Waals surface area (Å²) in [6.07, 6.45) is 0. The number of aromatic nitrogens is 1. The van der Waals surface area contributed by atoms with Gasteiger partial charge in [-0.25, -0.2) is 4.98 Å².